The zero-order valence-corrected chi connectivity index (χ0v) is 15.4. The van der Waals surface area contributed by atoms with Crippen LogP contribution in [0.5, 0.6) is 0 Å². The van der Waals surface area contributed by atoms with Crippen LogP contribution in [0, 0.1) is 0 Å². The highest BCUT2D eigenvalue weighted by Gasteiger charge is 2.18. The molecule has 0 aromatic heterocycles. The lowest BCUT2D eigenvalue weighted by molar-refractivity contribution is 0.0562. The largest absolute Gasteiger partial charge is 0.331 e. The van der Waals surface area contributed by atoms with Crippen molar-refractivity contribution in [3.8, 4) is 0 Å². The second-order valence-electron chi connectivity index (χ2n) is 6.62. The molecule has 0 aliphatic rings. The Hall–Kier alpha value is -1.26. The Morgan fingerprint density at radius 3 is 2.26 bits per heavy atom. The number of nitrogens with zero attached hydrogens (tertiary/aromatic N) is 3. The van der Waals surface area contributed by atoms with Gasteiger partial charge in [-0.1, -0.05) is 39.5 Å². The molecule has 130 valence electrons. The van der Waals surface area contributed by atoms with E-state index >= 15 is 0 Å². The molecule has 0 N–H and O–H groups in total. The minimum atomic E-state index is 0.698. The highest BCUT2D eigenvalue weighted by Crippen LogP contribution is 2.23. The van der Waals surface area contributed by atoms with Gasteiger partial charge in [-0.05, 0) is 25.0 Å². The first-order valence-electron chi connectivity index (χ1n) is 8.99. The molecule has 0 heterocycles. The molecule has 1 rings (SSSR count). The molecule has 0 spiro atoms. The number of quaternary nitrogens is 1. The molecule has 4 nitrogen and oxygen atoms in total. The molecule has 1 aromatic carbocycles. The SMILES string of the molecule is CCCCCCOC[N+](C)(C)c1ccc(N=NCCCC)cc1. The van der Waals surface area contributed by atoms with Gasteiger partial charge < -0.3 is 4.74 Å². The summed E-state index contributed by atoms with van der Waals surface area (Å²) >= 11 is 0. The summed E-state index contributed by atoms with van der Waals surface area (Å²) in [7, 11) is 4.34. The maximum Gasteiger partial charge on any atom is 0.187 e. The molecule has 23 heavy (non-hydrogen) atoms. The standard InChI is InChI=1S/C19H34N3O/c1-5-7-9-10-16-23-17-22(3,4)19-13-11-18(12-14-19)21-20-15-8-6-2/h11-14H,5-10,15-17H2,1-4H3/q+1. The fourth-order valence-corrected chi connectivity index (χ4v) is 2.28. The van der Waals surface area contributed by atoms with Crippen LogP contribution in [0.2, 0.25) is 0 Å². The Labute approximate surface area is 142 Å². The van der Waals surface area contributed by atoms with Crippen LogP contribution in [0.3, 0.4) is 0 Å². The Balaban J connectivity index is 2.42. The van der Waals surface area contributed by atoms with Crippen LogP contribution >= 0.6 is 0 Å². The van der Waals surface area contributed by atoms with E-state index in [2.05, 4.69) is 50.3 Å². The molecule has 4 heteroatoms. The average molecular weight is 321 g/mol. The zero-order valence-electron chi connectivity index (χ0n) is 15.4. The van der Waals surface area contributed by atoms with E-state index in [9.17, 15) is 0 Å². The van der Waals surface area contributed by atoms with Crippen molar-refractivity contribution < 1.29 is 4.74 Å². The molecule has 0 atom stereocenters. The normalized spacial score (nSPS) is 12.2. The van der Waals surface area contributed by atoms with E-state index in [1.54, 1.807) is 0 Å². The smallest absolute Gasteiger partial charge is 0.187 e. The molecule has 0 unspecified atom stereocenters. The Morgan fingerprint density at radius 2 is 1.61 bits per heavy atom. The molecular formula is C19H34N3O+. The third-order valence-electron chi connectivity index (χ3n) is 3.90. The van der Waals surface area contributed by atoms with Crippen molar-refractivity contribution in [2.75, 3.05) is 34.0 Å². The summed E-state index contributed by atoms with van der Waals surface area (Å²) < 4.78 is 6.57. The van der Waals surface area contributed by atoms with Crippen LogP contribution in [0.1, 0.15) is 52.4 Å². The van der Waals surface area contributed by atoms with Gasteiger partial charge in [0.05, 0.1) is 32.9 Å². The maximum atomic E-state index is 5.85. The summed E-state index contributed by atoms with van der Waals surface area (Å²) in [6.07, 6.45) is 7.25. The number of ether oxygens (including phenoxy) is 1. The van der Waals surface area contributed by atoms with Gasteiger partial charge in [-0.2, -0.15) is 10.2 Å². The molecular weight excluding hydrogens is 286 g/mol. The van der Waals surface area contributed by atoms with Crippen LogP contribution in [0.4, 0.5) is 11.4 Å². The molecule has 0 aliphatic heterocycles. The van der Waals surface area contributed by atoms with Crippen molar-refractivity contribution in [1.82, 2.24) is 4.48 Å². The molecule has 0 aliphatic carbocycles. The fraction of sp³-hybridized carbons (Fsp3) is 0.684. The Kier molecular flexibility index (Phi) is 9.72. The fourth-order valence-electron chi connectivity index (χ4n) is 2.28. The van der Waals surface area contributed by atoms with Gasteiger partial charge in [0, 0.05) is 12.1 Å². The lowest BCUT2D eigenvalue weighted by Crippen LogP contribution is -2.42. The van der Waals surface area contributed by atoms with Gasteiger partial charge in [0.2, 0.25) is 0 Å². The van der Waals surface area contributed by atoms with Crippen molar-refractivity contribution >= 4 is 11.4 Å². The first-order valence-corrected chi connectivity index (χ1v) is 8.99. The summed E-state index contributed by atoms with van der Waals surface area (Å²) in [4.78, 5) is 0. The molecule has 0 radical (unpaired) electrons. The predicted molar refractivity (Wildman–Crippen MR) is 99.3 cm³/mol. The van der Waals surface area contributed by atoms with Gasteiger partial charge in [-0.15, -0.1) is 0 Å². The van der Waals surface area contributed by atoms with Gasteiger partial charge in [0.25, 0.3) is 0 Å². The highest BCUT2D eigenvalue weighted by molar-refractivity contribution is 5.49. The number of benzene rings is 1. The van der Waals surface area contributed by atoms with Gasteiger partial charge in [0.1, 0.15) is 5.69 Å². The van der Waals surface area contributed by atoms with Crippen molar-refractivity contribution in [2.45, 2.75) is 52.4 Å². The summed E-state index contributed by atoms with van der Waals surface area (Å²) in [5, 5.41) is 8.46. The number of unbranched alkanes of at least 4 members (excludes halogenated alkanes) is 4. The first-order chi connectivity index (χ1) is 11.1. The van der Waals surface area contributed by atoms with E-state index in [4.69, 9.17) is 4.74 Å². The predicted octanol–water partition coefficient (Wildman–Crippen LogP) is 5.69. The monoisotopic (exact) mass is 320 g/mol. The van der Waals surface area contributed by atoms with Crippen LogP contribution in [-0.2, 0) is 4.74 Å². The topological polar surface area (TPSA) is 34.0 Å². The molecule has 0 fully saturated rings. The summed E-state index contributed by atoms with van der Waals surface area (Å²) in [6.45, 7) is 6.75. The minimum Gasteiger partial charge on any atom is -0.331 e. The number of azo groups is 1. The second kappa shape index (κ2) is 11.3. The van der Waals surface area contributed by atoms with E-state index < -0.39 is 0 Å². The van der Waals surface area contributed by atoms with E-state index in [0.717, 1.165) is 42.6 Å². The lowest BCUT2D eigenvalue weighted by Gasteiger charge is -2.28. The summed E-state index contributed by atoms with van der Waals surface area (Å²) in [5.41, 5.74) is 2.15. The van der Waals surface area contributed by atoms with Crippen LogP contribution < -0.4 is 4.48 Å². The number of hydrogen-bond donors (Lipinski definition) is 0. The van der Waals surface area contributed by atoms with Gasteiger partial charge in [-0.3, -0.25) is 4.48 Å². The zero-order chi connectivity index (χ0) is 17.0. The molecule has 0 amide bonds. The van der Waals surface area contributed by atoms with E-state index in [1.165, 1.54) is 24.9 Å². The summed E-state index contributed by atoms with van der Waals surface area (Å²) in [6, 6.07) is 8.31. The van der Waals surface area contributed by atoms with Crippen molar-refractivity contribution in [2.24, 2.45) is 10.2 Å². The number of rotatable bonds is 12. The second-order valence-corrected chi connectivity index (χ2v) is 6.62. The van der Waals surface area contributed by atoms with E-state index in [0.29, 0.717) is 6.73 Å². The maximum absolute atomic E-state index is 5.85. The van der Waals surface area contributed by atoms with E-state index in [-0.39, 0.29) is 0 Å². The van der Waals surface area contributed by atoms with Crippen LogP contribution in [-0.4, -0.2) is 34.0 Å². The third-order valence-corrected chi connectivity index (χ3v) is 3.90. The molecule has 0 bridgehead atoms. The summed E-state index contributed by atoms with van der Waals surface area (Å²) in [5.74, 6) is 0. The van der Waals surface area contributed by atoms with Crippen molar-refractivity contribution in [3.63, 3.8) is 0 Å². The quantitative estimate of drug-likeness (QED) is 0.211. The van der Waals surface area contributed by atoms with Gasteiger partial charge in [0.15, 0.2) is 6.73 Å². The average Bonchev–Trinajstić information content (AvgIpc) is 2.55. The van der Waals surface area contributed by atoms with Crippen molar-refractivity contribution in [3.05, 3.63) is 24.3 Å². The van der Waals surface area contributed by atoms with Gasteiger partial charge >= 0.3 is 0 Å². The molecule has 0 saturated carbocycles. The number of hydrogen-bond acceptors (Lipinski definition) is 3. The Bertz CT molecular complexity index is 440. The van der Waals surface area contributed by atoms with E-state index in [1.807, 2.05) is 12.1 Å². The Morgan fingerprint density at radius 1 is 0.913 bits per heavy atom. The van der Waals surface area contributed by atoms with Crippen molar-refractivity contribution in [1.29, 1.82) is 0 Å². The highest BCUT2D eigenvalue weighted by atomic mass is 16.5. The van der Waals surface area contributed by atoms with Crippen LogP contribution in [0.15, 0.2) is 34.5 Å². The first kappa shape index (κ1) is 19.8. The lowest BCUT2D eigenvalue weighted by atomic mass is 10.2. The van der Waals surface area contributed by atoms with Crippen LogP contribution in [0.25, 0.3) is 0 Å². The van der Waals surface area contributed by atoms with Gasteiger partial charge in [-0.25, -0.2) is 0 Å². The minimum absolute atomic E-state index is 0.698. The molecule has 0 saturated heterocycles. The molecule has 1 aromatic rings. The third kappa shape index (κ3) is 8.24.